The molecule has 0 atom stereocenters. The fraction of sp³-hybridized carbons (Fsp3) is 0.421. The van der Waals surface area contributed by atoms with Crippen LogP contribution in [0.3, 0.4) is 0 Å². The van der Waals surface area contributed by atoms with E-state index in [9.17, 15) is 9.59 Å². The monoisotopic (exact) mass is 356 g/mol. The second-order valence-corrected chi connectivity index (χ2v) is 6.49. The lowest BCUT2D eigenvalue weighted by molar-refractivity contribution is -0.116. The Balaban J connectivity index is 1.74. The number of carbonyl (C=O) groups excluding carboxylic acids is 2. The number of hydrogen-bond donors (Lipinski definition) is 1. The van der Waals surface area contributed by atoms with Gasteiger partial charge in [-0.3, -0.25) is 9.48 Å². The van der Waals surface area contributed by atoms with E-state index in [1.165, 1.54) is 7.11 Å². The lowest BCUT2D eigenvalue weighted by Gasteiger charge is -2.22. The van der Waals surface area contributed by atoms with Crippen molar-refractivity contribution in [1.82, 2.24) is 9.78 Å². The van der Waals surface area contributed by atoms with Crippen LogP contribution in [0.2, 0.25) is 0 Å². The molecular formula is C19H24N4O3. The first-order valence-electron chi connectivity index (χ1n) is 8.81. The van der Waals surface area contributed by atoms with Gasteiger partial charge in [0.25, 0.3) is 0 Å². The highest BCUT2D eigenvalue weighted by Gasteiger charge is 2.19. The second kappa shape index (κ2) is 8.03. The molecular weight excluding hydrogens is 332 g/mol. The van der Waals surface area contributed by atoms with E-state index < -0.39 is 5.97 Å². The van der Waals surface area contributed by atoms with Crippen LogP contribution in [0.4, 0.5) is 11.4 Å². The van der Waals surface area contributed by atoms with Crippen molar-refractivity contribution in [2.75, 3.05) is 30.4 Å². The summed E-state index contributed by atoms with van der Waals surface area (Å²) in [6.45, 7) is 1.91. The Hall–Kier alpha value is -2.83. The third-order valence-corrected chi connectivity index (χ3v) is 4.54. The molecule has 1 N–H and O–H groups in total. The maximum Gasteiger partial charge on any atom is 0.337 e. The Kier molecular flexibility index (Phi) is 5.55. The van der Waals surface area contributed by atoms with Gasteiger partial charge in [0, 0.05) is 32.8 Å². The highest BCUT2D eigenvalue weighted by atomic mass is 16.5. The number of anilines is 2. The molecule has 0 radical (unpaired) electrons. The van der Waals surface area contributed by atoms with Gasteiger partial charge in [0.05, 0.1) is 30.2 Å². The number of nitrogens with one attached hydrogen (secondary N) is 1. The molecule has 0 saturated carbocycles. The molecule has 1 aliphatic rings. The van der Waals surface area contributed by atoms with Crippen molar-refractivity contribution in [3.05, 3.63) is 41.7 Å². The zero-order valence-corrected chi connectivity index (χ0v) is 15.2. The van der Waals surface area contributed by atoms with Crippen LogP contribution in [0.25, 0.3) is 0 Å². The smallest absolute Gasteiger partial charge is 0.337 e. The van der Waals surface area contributed by atoms with Crippen LogP contribution in [0.5, 0.6) is 0 Å². The summed E-state index contributed by atoms with van der Waals surface area (Å²) in [4.78, 5) is 26.5. The fourth-order valence-corrected chi connectivity index (χ4v) is 3.19. The van der Waals surface area contributed by atoms with Crippen molar-refractivity contribution in [1.29, 1.82) is 0 Å². The van der Waals surface area contributed by atoms with Crippen molar-refractivity contribution in [2.24, 2.45) is 7.05 Å². The summed E-state index contributed by atoms with van der Waals surface area (Å²) in [6, 6.07) is 5.32. The van der Waals surface area contributed by atoms with E-state index in [0.717, 1.165) is 37.2 Å². The third-order valence-electron chi connectivity index (χ3n) is 4.54. The van der Waals surface area contributed by atoms with Gasteiger partial charge in [0.15, 0.2) is 0 Å². The van der Waals surface area contributed by atoms with E-state index in [1.54, 1.807) is 23.0 Å². The van der Waals surface area contributed by atoms with Crippen molar-refractivity contribution in [3.63, 3.8) is 0 Å². The van der Waals surface area contributed by atoms with Crippen molar-refractivity contribution >= 4 is 23.3 Å². The van der Waals surface area contributed by atoms with E-state index in [1.807, 2.05) is 19.3 Å². The molecule has 0 aliphatic carbocycles. The summed E-state index contributed by atoms with van der Waals surface area (Å²) in [6.07, 6.45) is 6.91. The van der Waals surface area contributed by atoms with Crippen LogP contribution in [-0.2, 0) is 23.0 Å². The molecule has 0 unspecified atom stereocenters. The van der Waals surface area contributed by atoms with Crippen LogP contribution >= 0.6 is 0 Å². The molecule has 0 bridgehead atoms. The first kappa shape index (κ1) is 18.0. The molecule has 1 aromatic carbocycles. The average molecular weight is 356 g/mol. The molecule has 1 aromatic heterocycles. The molecule has 1 saturated heterocycles. The maximum atomic E-state index is 12.4. The Morgan fingerprint density at radius 1 is 1.27 bits per heavy atom. The Bertz CT molecular complexity index is 794. The highest BCUT2D eigenvalue weighted by molar-refractivity contribution is 5.98. The van der Waals surface area contributed by atoms with E-state index >= 15 is 0 Å². The molecule has 1 fully saturated rings. The zero-order valence-electron chi connectivity index (χ0n) is 15.2. The predicted molar refractivity (Wildman–Crippen MR) is 99.4 cm³/mol. The van der Waals surface area contributed by atoms with E-state index in [0.29, 0.717) is 24.1 Å². The number of amides is 1. The second-order valence-electron chi connectivity index (χ2n) is 6.49. The number of aryl methyl sites for hydroxylation is 2. The van der Waals surface area contributed by atoms with Crippen molar-refractivity contribution < 1.29 is 14.3 Å². The van der Waals surface area contributed by atoms with Gasteiger partial charge in [-0.25, -0.2) is 4.79 Å². The maximum absolute atomic E-state index is 12.4. The molecule has 138 valence electrons. The number of methoxy groups -OCH3 is 1. The highest BCUT2D eigenvalue weighted by Crippen LogP contribution is 2.30. The summed E-state index contributed by atoms with van der Waals surface area (Å²) in [5.74, 6) is -0.500. The minimum Gasteiger partial charge on any atom is -0.465 e. The summed E-state index contributed by atoms with van der Waals surface area (Å²) >= 11 is 0. The van der Waals surface area contributed by atoms with Gasteiger partial charge in [-0.2, -0.15) is 5.10 Å². The number of aromatic nitrogens is 2. The van der Waals surface area contributed by atoms with Crippen molar-refractivity contribution in [3.8, 4) is 0 Å². The van der Waals surface area contributed by atoms with Gasteiger partial charge in [-0.05, 0) is 43.0 Å². The Labute approximate surface area is 152 Å². The number of ether oxygens (including phenoxy) is 1. The lowest BCUT2D eigenvalue weighted by atomic mass is 10.1. The minimum atomic E-state index is -0.413. The van der Waals surface area contributed by atoms with E-state index in [2.05, 4.69) is 15.3 Å². The SMILES string of the molecule is COC(=O)c1ccc(N2CCCC2)c(NC(=O)CCc2cnn(C)c2)c1. The molecule has 7 nitrogen and oxygen atoms in total. The molecule has 3 rings (SSSR count). The zero-order chi connectivity index (χ0) is 18.5. The lowest BCUT2D eigenvalue weighted by Crippen LogP contribution is -2.21. The molecule has 26 heavy (non-hydrogen) atoms. The van der Waals surface area contributed by atoms with Gasteiger partial charge in [-0.15, -0.1) is 0 Å². The summed E-state index contributed by atoms with van der Waals surface area (Å²) < 4.78 is 6.52. The number of benzene rings is 1. The number of esters is 1. The number of hydrogen-bond acceptors (Lipinski definition) is 5. The van der Waals surface area contributed by atoms with Crippen LogP contribution in [0, 0.1) is 0 Å². The first-order chi connectivity index (χ1) is 12.6. The van der Waals surface area contributed by atoms with Crippen LogP contribution in [0.1, 0.15) is 35.2 Å². The number of carbonyl (C=O) groups is 2. The average Bonchev–Trinajstić information content (AvgIpc) is 3.31. The molecule has 2 heterocycles. The summed E-state index contributed by atoms with van der Waals surface area (Å²) in [7, 11) is 3.20. The first-order valence-corrected chi connectivity index (χ1v) is 8.81. The van der Waals surface area contributed by atoms with Crippen LogP contribution in [-0.4, -0.2) is 41.9 Å². The standard InChI is InChI=1S/C19H24N4O3/c1-22-13-14(12-20-22)5-8-18(24)21-16-11-15(19(25)26-2)6-7-17(16)23-9-3-4-10-23/h6-7,11-13H,3-5,8-10H2,1-2H3,(H,21,24). The molecule has 0 spiro atoms. The predicted octanol–water partition coefficient (Wildman–Crippen LogP) is 2.38. The quantitative estimate of drug-likeness (QED) is 0.804. The molecule has 1 aliphatic heterocycles. The Morgan fingerprint density at radius 3 is 2.69 bits per heavy atom. The van der Waals surface area contributed by atoms with Crippen LogP contribution < -0.4 is 10.2 Å². The normalized spacial score (nSPS) is 13.7. The van der Waals surface area contributed by atoms with Gasteiger partial charge >= 0.3 is 5.97 Å². The van der Waals surface area contributed by atoms with Gasteiger partial charge in [0.1, 0.15) is 0 Å². The largest absolute Gasteiger partial charge is 0.465 e. The number of rotatable bonds is 6. The third kappa shape index (κ3) is 4.22. The van der Waals surface area contributed by atoms with Gasteiger partial charge in [0.2, 0.25) is 5.91 Å². The molecule has 7 heteroatoms. The van der Waals surface area contributed by atoms with E-state index in [-0.39, 0.29) is 5.91 Å². The van der Waals surface area contributed by atoms with Crippen molar-refractivity contribution in [2.45, 2.75) is 25.7 Å². The minimum absolute atomic E-state index is 0.0867. The van der Waals surface area contributed by atoms with Gasteiger partial charge in [-0.1, -0.05) is 0 Å². The Morgan fingerprint density at radius 2 is 2.04 bits per heavy atom. The summed E-state index contributed by atoms with van der Waals surface area (Å²) in [5.41, 5.74) is 3.06. The van der Waals surface area contributed by atoms with E-state index in [4.69, 9.17) is 4.74 Å². The van der Waals surface area contributed by atoms with Crippen LogP contribution in [0.15, 0.2) is 30.6 Å². The molecule has 1 amide bonds. The summed E-state index contributed by atoms with van der Waals surface area (Å²) in [5, 5.41) is 7.08. The fourth-order valence-electron chi connectivity index (χ4n) is 3.19. The molecule has 2 aromatic rings. The number of nitrogens with zero attached hydrogens (tertiary/aromatic N) is 3. The van der Waals surface area contributed by atoms with Gasteiger partial charge < -0.3 is 15.0 Å². The topological polar surface area (TPSA) is 76.5 Å².